The standard InChI is InChI=1S/C23H27N3O3/c1-3-15-29-20-10-7-18(16-21(20)28-2)8-12-23(27)25-22-11-9-19(17-24-22)26-13-5-4-6-14-26/h3,7-12,16-17H,1,4-6,13-15H2,2H3,(H,24,25,27). The summed E-state index contributed by atoms with van der Waals surface area (Å²) in [6.07, 6.45) is 10.4. The number of carbonyl (C=O) groups is 1. The number of aromatic nitrogens is 1. The number of pyridine rings is 1. The lowest BCUT2D eigenvalue weighted by atomic mass is 10.1. The molecule has 0 bridgehead atoms. The Morgan fingerprint density at radius 3 is 2.72 bits per heavy atom. The van der Waals surface area contributed by atoms with Crippen LogP contribution < -0.4 is 19.7 Å². The van der Waals surface area contributed by atoms with Crippen molar-refractivity contribution in [2.24, 2.45) is 0 Å². The average Bonchev–Trinajstić information content (AvgIpc) is 2.77. The Balaban J connectivity index is 1.58. The first-order chi connectivity index (χ1) is 14.2. The number of nitrogens with one attached hydrogen (secondary N) is 1. The van der Waals surface area contributed by atoms with Crippen LogP contribution in [0.2, 0.25) is 0 Å². The number of benzene rings is 1. The Morgan fingerprint density at radius 1 is 1.21 bits per heavy atom. The minimum atomic E-state index is -0.242. The summed E-state index contributed by atoms with van der Waals surface area (Å²) in [5, 5.41) is 2.79. The van der Waals surface area contributed by atoms with Crippen molar-refractivity contribution in [2.75, 3.05) is 37.0 Å². The van der Waals surface area contributed by atoms with E-state index < -0.39 is 0 Å². The summed E-state index contributed by atoms with van der Waals surface area (Å²) in [5.74, 6) is 1.52. The van der Waals surface area contributed by atoms with Gasteiger partial charge in [-0.15, -0.1) is 0 Å². The van der Waals surface area contributed by atoms with Crippen LogP contribution in [-0.2, 0) is 4.79 Å². The highest BCUT2D eigenvalue weighted by molar-refractivity contribution is 6.01. The maximum absolute atomic E-state index is 12.2. The third-order valence-electron chi connectivity index (χ3n) is 4.69. The van der Waals surface area contributed by atoms with Gasteiger partial charge in [-0.1, -0.05) is 18.7 Å². The van der Waals surface area contributed by atoms with Gasteiger partial charge in [-0.2, -0.15) is 0 Å². The molecule has 1 aromatic heterocycles. The molecular weight excluding hydrogens is 366 g/mol. The van der Waals surface area contributed by atoms with Crippen molar-refractivity contribution in [3.05, 3.63) is 60.8 Å². The summed E-state index contributed by atoms with van der Waals surface area (Å²) in [6.45, 7) is 6.16. The zero-order chi connectivity index (χ0) is 20.5. The van der Waals surface area contributed by atoms with Gasteiger partial charge in [0.25, 0.3) is 0 Å². The van der Waals surface area contributed by atoms with Crippen molar-refractivity contribution < 1.29 is 14.3 Å². The molecule has 6 heteroatoms. The molecule has 0 aliphatic carbocycles. The lowest BCUT2D eigenvalue weighted by Crippen LogP contribution is -2.29. The molecule has 1 aliphatic heterocycles. The van der Waals surface area contributed by atoms with Crippen LogP contribution >= 0.6 is 0 Å². The summed E-state index contributed by atoms with van der Waals surface area (Å²) >= 11 is 0. The van der Waals surface area contributed by atoms with Crippen LogP contribution in [0, 0.1) is 0 Å². The SMILES string of the molecule is C=CCOc1ccc(C=CC(=O)Nc2ccc(N3CCCCC3)cn2)cc1OC. The minimum absolute atomic E-state index is 0.242. The van der Waals surface area contributed by atoms with Gasteiger partial charge in [-0.05, 0) is 55.2 Å². The second kappa shape index (κ2) is 10.3. The number of hydrogen-bond acceptors (Lipinski definition) is 5. The maximum Gasteiger partial charge on any atom is 0.249 e. The topological polar surface area (TPSA) is 63.7 Å². The quantitative estimate of drug-likeness (QED) is 0.535. The predicted molar refractivity (Wildman–Crippen MR) is 117 cm³/mol. The Bertz CT molecular complexity index is 856. The average molecular weight is 393 g/mol. The van der Waals surface area contributed by atoms with Gasteiger partial charge in [0.2, 0.25) is 5.91 Å². The van der Waals surface area contributed by atoms with E-state index in [9.17, 15) is 4.79 Å². The largest absolute Gasteiger partial charge is 0.493 e. The fourth-order valence-electron chi connectivity index (χ4n) is 3.19. The number of piperidine rings is 1. The second-order valence-corrected chi connectivity index (χ2v) is 6.78. The van der Waals surface area contributed by atoms with Crippen molar-refractivity contribution in [1.29, 1.82) is 0 Å². The first-order valence-corrected chi connectivity index (χ1v) is 9.81. The zero-order valence-electron chi connectivity index (χ0n) is 16.8. The Hall–Kier alpha value is -3.28. The van der Waals surface area contributed by atoms with Gasteiger partial charge in [-0.25, -0.2) is 4.98 Å². The molecule has 3 rings (SSSR count). The van der Waals surface area contributed by atoms with E-state index in [2.05, 4.69) is 21.8 Å². The van der Waals surface area contributed by atoms with Crippen LogP contribution in [0.4, 0.5) is 11.5 Å². The molecule has 2 heterocycles. The number of nitrogens with zero attached hydrogens (tertiary/aromatic N) is 2. The molecule has 1 N–H and O–H groups in total. The first-order valence-electron chi connectivity index (χ1n) is 9.81. The lowest BCUT2D eigenvalue weighted by molar-refractivity contribution is -0.111. The molecule has 1 saturated heterocycles. The number of amides is 1. The fourth-order valence-corrected chi connectivity index (χ4v) is 3.19. The van der Waals surface area contributed by atoms with Crippen LogP contribution in [0.5, 0.6) is 11.5 Å². The van der Waals surface area contributed by atoms with Crippen LogP contribution in [0.1, 0.15) is 24.8 Å². The summed E-state index contributed by atoms with van der Waals surface area (Å²) in [4.78, 5) is 18.9. The van der Waals surface area contributed by atoms with E-state index in [1.54, 1.807) is 25.3 Å². The van der Waals surface area contributed by atoms with E-state index in [0.717, 1.165) is 24.3 Å². The molecule has 1 aromatic carbocycles. The highest BCUT2D eigenvalue weighted by Gasteiger charge is 2.11. The minimum Gasteiger partial charge on any atom is -0.493 e. The summed E-state index contributed by atoms with van der Waals surface area (Å²) < 4.78 is 10.9. The lowest BCUT2D eigenvalue weighted by Gasteiger charge is -2.28. The van der Waals surface area contributed by atoms with Crippen molar-refractivity contribution in [2.45, 2.75) is 19.3 Å². The molecule has 0 spiro atoms. The van der Waals surface area contributed by atoms with Gasteiger partial charge in [0.1, 0.15) is 12.4 Å². The third kappa shape index (κ3) is 5.85. The van der Waals surface area contributed by atoms with Crippen LogP contribution in [0.25, 0.3) is 6.08 Å². The Labute approximate surface area is 171 Å². The number of anilines is 2. The van der Waals surface area contributed by atoms with Gasteiger partial charge in [0, 0.05) is 19.2 Å². The number of ether oxygens (including phenoxy) is 2. The molecule has 29 heavy (non-hydrogen) atoms. The van der Waals surface area contributed by atoms with Gasteiger partial charge >= 0.3 is 0 Å². The number of carbonyl (C=O) groups excluding carboxylic acids is 1. The number of rotatable bonds is 8. The normalized spacial score (nSPS) is 13.9. The molecule has 0 radical (unpaired) electrons. The van der Waals surface area contributed by atoms with Crippen molar-refractivity contribution in [3.63, 3.8) is 0 Å². The number of methoxy groups -OCH3 is 1. The van der Waals surface area contributed by atoms with E-state index in [1.807, 2.05) is 30.5 Å². The van der Waals surface area contributed by atoms with E-state index in [0.29, 0.717) is 23.9 Å². The Kier molecular flexibility index (Phi) is 7.28. The van der Waals surface area contributed by atoms with Crippen LogP contribution in [0.3, 0.4) is 0 Å². The van der Waals surface area contributed by atoms with E-state index in [-0.39, 0.29) is 5.91 Å². The molecule has 2 aromatic rings. The van der Waals surface area contributed by atoms with Gasteiger partial charge in [0.05, 0.1) is 19.0 Å². The smallest absolute Gasteiger partial charge is 0.249 e. The summed E-state index contributed by atoms with van der Waals surface area (Å²) in [7, 11) is 1.58. The van der Waals surface area contributed by atoms with Crippen molar-refractivity contribution in [1.82, 2.24) is 4.98 Å². The zero-order valence-corrected chi connectivity index (χ0v) is 16.8. The van der Waals surface area contributed by atoms with Crippen molar-refractivity contribution >= 4 is 23.5 Å². The highest BCUT2D eigenvalue weighted by atomic mass is 16.5. The number of hydrogen-bond donors (Lipinski definition) is 1. The summed E-state index contributed by atoms with van der Waals surface area (Å²) in [5.41, 5.74) is 1.93. The molecule has 0 atom stereocenters. The maximum atomic E-state index is 12.2. The molecule has 6 nitrogen and oxygen atoms in total. The molecule has 0 unspecified atom stereocenters. The van der Waals surface area contributed by atoms with Crippen LogP contribution in [-0.4, -0.2) is 37.7 Å². The second-order valence-electron chi connectivity index (χ2n) is 6.78. The van der Waals surface area contributed by atoms with Crippen LogP contribution in [0.15, 0.2) is 55.3 Å². The Morgan fingerprint density at radius 2 is 2.03 bits per heavy atom. The predicted octanol–water partition coefficient (Wildman–Crippen LogP) is 4.30. The van der Waals surface area contributed by atoms with Crippen molar-refractivity contribution in [3.8, 4) is 11.5 Å². The third-order valence-corrected chi connectivity index (χ3v) is 4.69. The highest BCUT2D eigenvalue weighted by Crippen LogP contribution is 2.28. The monoisotopic (exact) mass is 393 g/mol. The van der Waals surface area contributed by atoms with E-state index >= 15 is 0 Å². The molecule has 0 saturated carbocycles. The molecular formula is C23H27N3O3. The van der Waals surface area contributed by atoms with E-state index in [4.69, 9.17) is 9.47 Å². The fraction of sp³-hybridized carbons (Fsp3) is 0.304. The van der Waals surface area contributed by atoms with Gasteiger partial charge in [0.15, 0.2) is 11.5 Å². The molecule has 1 amide bonds. The van der Waals surface area contributed by atoms with Gasteiger partial charge < -0.3 is 19.7 Å². The molecule has 152 valence electrons. The van der Waals surface area contributed by atoms with E-state index in [1.165, 1.54) is 25.3 Å². The molecule has 1 fully saturated rings. The summed E-state index contributed by atoms with van der Waals surface area (Å²) in [6, 6.07) is 9.32. The molecule has 1 aliphatic rings. The van der Waals surface area contributed by atoms with Gasteiger partial charge in [-0.3, -0.25) is 4.79 Å². The first kappa shape index (κ1) is 20.5.